The fraction of sp³-hybridized carbons (Fsp3) is 0.471. The minimum Gasteiger partial charge on any atom is -0.478 e. The zero-order chi connectivity index (χ0) is 20.5. The van der Waals surface area contributed by atoms with Gasteiger partial charge in [0.05, 0.1) is 6.10 Å². The Morgan fingerprint density at radius 2 is 0.958 bits per heavy atom. The van der Waals surface area contributed by atoms with Gasteiger partial charge in [0.25, 0.3) is 0 Å². The molecule has 7 heteroatoms. The molecule has 0 aliphatic rings. The van der Waals surface area contributed by atoms with Gasteiger partial charge in [-0.15, -0.1) is 0 Å². The van der Waals surface area contributed by atoms with E-state index in [9.17, 15) is 14.4 Å². The van der Waals surface area contributed by atoms with Crippen LogP contribution in [0.1, 0.15) is 47.5 Å². The van der Waals surface area contributed by atoms with Crippen LogP contribution >= 0.6 is 0 Å². The van der Waals surface area contributed by atoms with Crippen molar-refractivity contribution < 1.29 is 34.8 Å². The molecule has 0 aromatic rings. The quantitative estimate of drug-likeness (QED) is 0.562. The minimum atomic E-state index is -0.935. The van der Waals surface area contributed by atoms with Gasteiger partial charge >= 0.3 is 17.9 Å². The van der Waals surface area contributed by atoms with Crippen molar-refractivity contribution in [2.75, 3.05) is 0 Å². The molecule has 1 atom stereocenters. The van der Waals surface area contributed by atoms with Gasteiger partial charge in [0, 0.05) is 16.7 Å². The highest BCUT2D eigenvalue weighted by atomic mass is 16.4. The van der Waals surface area contributed by atoms with E-state index in [1.165, 1.54) is 20.8 Å². The molecule has 0 saturated carbocycles. The van der Waals surface area contributed by atoms with Crippen LogP contribution in [0.15, 0.2) is 36.5 Å². The Bertz CT molecular complexity index is 341. The van der Waals surface area contributed by atoms with Gasteiger partial charge in [0.1, 0.15) is 0 Å². The topological polar surface area (TPSA) is 132 Å². The Labute approximate surface area is 143 Å². The number of rotatable bonds is 5. The molecular weight excluding hydrogens is 316 g/mol. The lowest BCUT2D eigenvalue weighted by Crippen LogP contribution is -1.95. The summed E-state index contributed by atoms with van der Waals surface area (Å²) in [6, 6.07) is 0. The molecule has 0 spiro atoms. The summed E-state index contributed by atoms with van der Waals surface area (Å²) in [4.78, 5) is 28.8. The first-order valence-corrected chi connectivity index (χ1v) is 7.04. The van der Waals surface area contributed by atoms with Crippen molar-refractivity contribution in [3.63, 3.8) is 0 Å². The lowest BCUT2D eigenvalue weighted by Gasteiger charge is -1.95. The van der Waals surface area contributed by atoms with Crippen molar-refractivity contribution in [1.82, 2.24) is 0 Å². The second kappa shape index (κ2) is 18.6. The first-order valence-electron chi connectivity index (χ1n) is 7.04. The Hall–Kier alpha value is -2.41. The van der Waals surface area contributed by atoms with Gasteiger partial charge in [-0.05, 0) is 34.1 Å². The summed E-state index contributed by atoms with van der Waals surface area (Å²) < 4.78 is 0. The first-order chi connectivity index (χ1) is 10.7. The lowest BCUT2D eigenvalue weighted by molar-refractivity contribution is -0.133. The van der Waals surface area contributed by atoms with E-state index in [1.807, 2.05) is 6.92 Å². The number of hydrogen-bond acceptors (Lipinski definition) is 4. The molecule has 0 saturated heterocycles. The zero-order valence-electron chi connectivity index (χ0n) is 15.1. The van der Waals surface area contributed by atoms with Crippen LogP contribution < -0.4 is 0 Å². The number of carboxylic acid groups (broad SMARTS) is 3. The van der Waals surface area contributed by atoms with Crippen LogP contribution in [0.2, 0.25) is 0 Å². The maximum Gasteiger partial charge on any atom is 0.330 e. The normalized spacial score (nSPS) is 9.25. The molecule has 0 amide bonds. The highest BCUT2D eigenvalue weighted by Crippen LogP contribution is 1.91. The summed E-state index contributed by atoms with van der Waals surface area (Å²) in [6.07, 6.45) is 1.91. The number of carboxylic acids is 3. The Morgan fingerprint density at radius 3 is 0.958 bits per heavy atom. The fourth-order valence-electron chi connectivity index (χ4n) is 0.418. The molecule has 24 heavy (non-hydrogen) atoms. The van der Waals surface area contributed by atoms with E-state index < -0.39 is 17.9 Å². The molecular formula is C17H30O7. The van der Waals surface area contributed by atoms with Gasteiger partial charge in [-0.25, -0.2) is 14.4 Å². The van der Waals surface area contributed by atoms with Gasteiger partial charge in [-0.1, -0.05) is 33.1 Å². The minimum absolute atomic E-state index is 0.102. The third-order valence-corrected chi connectivity index (χ3v) is 1.80. The van der Waals surface area contributed by atoms with Gasteiger partial charge in [0.2, 0.25) is 0 Å². The third-order valence-electron chi connectivity index (χ3n) is 1.80. The van der Waals surface area contributed by atoms with Crippen molar-refractivity contribution in [2.24, 2.45) is 0 Å². The Kier molecular flexibility index (Phi) is 23.0. The summed E-state index contributed by atoms with van der Waals surface area (Å²) in [5.74, 6) is -2.81. The fourth-order valence-corrected chi connectivity index (χ4v) is 0.418. The average Bonchev–Trinajstić information content (AvgIpc) is 2.40. The second-order valence-corrected chi connectivity index (χ2v) is 4.89. The van der Waals surface area contributed by atoms with Crippen LogP contribution in [-0.4, -0.2) is 44.4 Å². The van der Waals surface area contributed by atoms with Crippen LogP contribution in [-0.2, 0) is 14.4 Å². The molecule has 4 N–H and O–H groups in total. The van der Waals surface area contributed by atoms with E-state index in [1.54, 1.807) is 0 Å². The second-order valence-electron chi connectivity index (χ2n) is 4.89. The number of hydrogen-bond donors (Lipinski definition) is 4. The van der Waals surface area contributed by atoms with E-state index >= 15 is 0 Å². The van der Waals surface area contributed by atoms with E-state index in [0.29, 0.717) is 0 Å². The molecule has 0 fully saturated rings. The Balaban J connectivity index is -0.000000111. The molecule has 1 unspecified atom stereocenters. The summed E-state index contributed by atoms with van der Waals surface area (Å²) >= 11 is 0. The SMILES string of the molecule is C=C(C)C(=O)O.C=C(C)C(=O)O.C=C(C)C(=O)O.CCCC(C)O. The summed E-state index contributed by atoms with van der Waals surface area (Å²) in [7, 11) is 0. The molecule has 0 radical (unpaired) electrons. The average molecular weight is 346 g/mol. The molecule has 0 aromatic carbocycles. The van der Waals surface area contributed by atoms with Crippen LogP contribution in [0.25, 0.3) is 0 Å². The van der Waals surface area contributed by atoms with Crippen LogP contribution in [0.3, 0.4) is 0 Å². The molecule has 0 heterocycles. The molecule has 0 aliphatic heterocycles. The van der Waals surface area contributed by atoms with E-state index in [-0.39, 0.29) is 22.8 Å². The van der Waals surface area contributed by atoms with Crippen molar-refractivity contribution >= 4 is 17.9 Å². The van der Waals surface area contributed by atoms with Crippen molar-refractivity contribution in [2.45, 2.75) is 53.6 Å². The van der Waals surface area contributed by atoms with Crippen molar-refractivity contribution in [3.8, 4) is 0 Å². The van der Waals surface area contributed by atoms with E-state index in [4.69, 9.17) is 20.4 Å². The maximum absolute atomic E-state index is 9.60. The molecule has 0 aliphatic carbocycles. The number of aliphatic hydroxyl groups is 1. The number of carbonyl (C=O) groups is 3. The van der Waals surface area contributed by atoms with Gasteiger partial charge in [-0.2, -0.15) is 0 Å². The molecule has 140 valence electrons. The molecule has 0 rings (SSSR count). The zero-order valence-corrected chi connectivity index (χ0v) is 15.1. The predicted octanol–water partition coefficient (Wildman–Crippen LogP) is 3.11. The van der Waals surface area contributed by atoms with Crippen LogP contribution in [0.4, 0.5) is 0 Å². The summed E-state index contributed by atoms with van der Waals surface area (Å²) in [6.45, 7) is 17.7. The van der Waals surface area contributed by atoms with E-state index in [2.05, 4.69) is 26.7 Å². The van der Waals surface area contributed by atoms with Crippen molar-refractivity contribution in [1.29, 1.82) is 0 Å². The van der Waals surface area contributed by atoms with Crippen molar-refractivity contribution in [3.05, 3.63) is 36.5 Å². The summed E-state index contributed by atoms with van der Waals surface area (Å²) in [5.41, 5.74) is 0.528. The monoisotopic (exact) mass is 346 g/mol. The van der Waals surface area contributed by atoms with Gasteiger partial charge in [0.15, 0.2) is 0 Å². The smallest absolute Gasteiger partial charge is 0.330 e. The Morgan fingerprint density at radius 1 is 0.792 bits per heavy atom. The van der Waals surface area contributed by atoms with Gasteiger partial charge in [-0.3, -0.25) is 0 Å². The highest BCUT2D eigenvalue weighted by Gasteiger charge is 1.91. The highest BCUT2D eigenvalue weighted by molar-refractivity contribution is 5.85. The molecule has 7 nitrogen and oxygen atoms in total. The largest absolute Gasteiger partial charge is 0.478 e. The standard InChI is InChI=1S/C5H12O.3C4H6O2/c1-3-4-5(2)6;3*1-3(2)4(5)6/h5-6H,3-4H2,1-2H3;3*1H2,2H3,(H,5,6). The van der Waals surface area contributed by atoms with Crippen LogP contribution in [0, 0.1) is 0 Å². The molecule has 0 aromatic heterocycles. The third kappa shape index (κ3) is 42.7. The summed E-state index contributed by atoms with van der Waals surface area (Å²) in [5, 5.41) is 32.2. The maximum atomic E-state index is 9.60. The van der Waals surface area contributed by atoms with Gasteiger partial charge < -0.3 is 20.4 Å². The lowest BCUT2D eigenvalue weighted by atomic mass is 10.2. The predicted molar refractivity (Wildman–Crippen MR) is 93.9 cm³/mol. The van der Waals surface area contributed by atoms with Crippen LogP contribution in [0.5, 0.6) is 0 Å². The first kappa shape index (κ1) is 29.6. The van der Waals surface area contributed by atoms with E-state index in [0.717, 1.165) is 12.8 Å². The molecule has 0 bridgehead atoms. The number of aliphatic hydroxyl groups excluding tert-OH is 1. The number of aliphatic carboxylic acids is 3.